The van der Waals surface area contributed by atoms with Crippen molar-refractivity contribution in [2.75, 3.05) is 39.4 Å². The van der Waals surface area contributed by atoms with E-state index in [4.69, 9.17) is 18.9 Å². The zero-order valence-corrected chi connectivity index (χ0v) is 30.0. The van der Waals surface area contributed by atoms with Gasteiger partial charge in [0.2, 0.25) is 0 Å². The van der Waals surface area contributed by atoms with E-state index in [0.717, 1.165) is 22.3 Å². The number of ether oxygens (including phenoxy) is 4. The van der Waals surface area contributed by atoms with Gasteiger partial charge in [-0.15, -0.1) is 0 Å². The summed E-state index contributed by atoms with van der Waals surface area (Å²) in [5, 5.41) is 18.3. The molecule has 0 spiro atoms. The number of benzene rings is 4. The predicted molar refractivity (Wildman–Crippen MR) is 197 cm³/mol. The van der Waals surface area contributed by atoms with Crippen molar-refractivity contribution in [3.63, 3.8) is 0 Å². The molecule has 8 rings (SSSR count). The fourth-order valence-corrected chi connectivity index (χ4v) is 7.84. The Hall–Kier alpha value is -5.72. The number of carbonyl (C=O) groups excluding carboxylic acids is 2. The third-order valence-electron chi connectivity index (χ3n) is 10.3. The van der Waals surface area contributed by atoms with Crippen molar-refractivity contribution in [3.8, 4) is 22.3 Å². The van der Waals surface area contributed by atoms with Crippen LogP contribution in [0.5, 0.6) is 0 Å². The van der Waals surface area contributed by atoms with Crippen molar-refractivity contribution in [1.29, 1.82) is 0 Å². The number of hydrogen-bond acceptors (Lipinski definition) is 8. The summed E-state index contributed by atoms with van der Waals surface area (Å²) in [4.78, 5) is 50.3. The molecule has 4 atom stereocenters. The molecule has 4 aliphatic rings. The Morgan fingerprint density at radius 2 is 0.833 bits per heavy atom. The normalized spacial score (nSPS) is 21.4. The smallest absolute Gasteiger partial charge is 0.409 e. The number of carbonyl (C=O) groups is 4. The highest BCUT2D eigenvalue weighted by Gasteiger charge is 2.36. The predicted octanol–water partition coefficient (Wildman–Crippen LogP) is 6.22. The van der Waals surface area contributed by atoms with Crippen LogP contribution in [0.1, 0.15) is 47.9 Å². The molecule has 2 aliphatic heterocycles. The van der Waals surface area contributed by atoms with E-state index in [1.807, 2.05) is 48.5 Å². The molecule has 0 saturated carbocycles. The molecule has 2 amide bonds. The molecule has 2 aliphatic carbocycles. The molecular weight excluding hydrogens is 692 g/mol. The Bertz CT molecular complexity index is 1810. The third-order valence-corrected chi connectivity index (χ3v) is 10.3. The van der Waals surface area contributed by atoms with Crippen molar-refractivity contribution in [2.24, 2.45) is 0 Å². The minimum atomic E-state index is -1.07. The van der Waals surface area contributed by atoms with Gasteiger partial charge >= 0.3 is 24.1 Å². The molecule has 0 unspecified atom stereocenters. The maximum atomic E-state index is 12.5. The number of carboxylic acids is 2. The van der Waals surface area contributed by atoms with E-state index in [2.05, 4.69) is 48.5 Å². The maximum Gasteiger partial charge on any atom is 0.409 e. The first-order valence-corrected chi connectivity index (χ1v) is 18.0. The Morgan fingerprint density at radius 1 is 0.537 bits per heavy atom. The fraction of sp³-hybridized carbons (Fsp3) is 0.333. The average Bonchev–Trinajstić information content (AvgIpc) is 3.68. The number of carboxylic acid groups (broad SMARTS) is 2. The van der Waals surface area contributed by atoms with Gasteiger partial charge in [0.05, 0.1) is 38.4 Å². The van der Waals surface area contributed by atoms with Crippen LogP contribution in [0.25, 0.3) is 22.3 Å². The van der Waals surface area contributed by atoms with Crippen LogP contribution >= 0.6 is 0 Å². The molecule has 2 fully saturated rings. The van der Waals surface area contributed by atoms with Gasteiger partial charge in [-0.2, -0.15) is 0 Å². The monoisotopic (exact) mass is 734 g/mol. The minimum Gasteiger partial charge on any atom is -0.479 e. The molecular formula is C42H42N2O10. The highest BCUT2D eigenvalue weighted by Crippen LogP contribution is 2.45. The van der Waals surface area contributed by atoms with Crippen LogP contribution in [0.4, 0.5) is 9.59 Å². The van der Waals surface area contributed by atoms with E-state index >= 15 is 0 Å². The molecule has 280 valence electrons. The first-order valence-electron chi connectivity index (χ1n) is 18.0. The number of rotatable bonds is 6. The van der Waals surface area contributed by atoms with Gasteiger partial charge in [-0.05, 0) is 58.4 Å². The summed E-state index contributed by atoms with van der Waals surface area (Å²) in [6, 6.07) is 32.5. The van der Waals surface area contributed by atoms with Crippen molar-refractivity contribution < 1.29 is 48.3 Å². The molecule has 2 heterocycles. The van der Waals surface area contributed by atoms with Gasteiger partial charge in [-0.25, -0.2) is 19.2 Å². The number of hydrogen-bond donors (Lipinski definition) is 2. The molecule has 4 aromatic rings. The Labute approximate surface area is 312 Å². The molecule has 0 bridgehead atoms. The Balaban J connectivity index is 0.000000167. The highest BCUT2D eigenvalue weighted by molar-refractivity contribution is 5.81. The first-order chi connectivity index (χ1) is 26.1. The summed E-state index contributed by atoms with van der Waals surface area (Å²) in [6.07, 6.45) is -3.74. The summed E-state index contributed by atoms with van der Waals surface area (Å²) < 4.78 is 21.9. The molecule has 12 heteroatoms. The SMILES string of the molecule is C[C@@H]1CN(C(=O)OCC2c3ccccc3-c3ccccc32)C[C@@H](C(=O)O)O1.C[C@H]1CN(C(=O)OCC2c3ccccc3-c3ccccc32)C[C@H](C(=O)O)O1. The van der Waals surface area contributed by atoms with E-state index in [1.54, 1.807) is 13.8 Å². The van der Waals surface area contributed by atoms with Gasteiger partial charge in [0, 0.05) is 11.8 Å². The second-order valence-electron chi connectivity index (χ2n) is 14.0. The summed E-state index contributed by atoms with van der Waals surface area (Å²) in [5.74, 6) is -2.18. The molecule has 2 N–H and O–H groups in total. The lowest BCUT2D eigenvalue weighted by Crippen LogP contribution is -2.52. The summed E-state index contributed by atoms with van der Waals surface area (Å²) in [5.41, 5.74) is 9.24. The molecule has 0 radical (unpaired) electrons. The summed E-state index contributed by atoms with van der Waals surface area (Å²) in [6.45, 7) is 4.57. The summed E-state index contributed by atoms with van der Waals surface area (Å²) >= 11 is 0. The fourth-order valence-electron chi connectivity index (χ4n) is 7.84. The maximum absolute atomic E-state index is 12.5. The molecule has 0 aromatic heterocycles. The van der Waals surface area contributed by atoms with Crippen LogP contribution in [-0.2, 0) is 28.5 Å². The lowest BCUT2D eigenvalue weighted by atomic mass is 9.98. The Kier molecular flexibility index (Phi) is 10.7. The van der Waals surface area contributed by atoms with Crippen LogP contribution < -0.4 is 0 Å². The second-order valence-corrected chi connectivity index (χ2v) is 14.0. The van der Waals surface area contributed by atoms with E-state index in [1.165, 1.54) is 32.1 Å². The molecule has 54 heavy (non-hydrogen) atoms. The quantitative estimate of drug-likeness (QED) is 0.234. The van der Waals surface area contributed by atoms with E-state index in [0.29, 0.717) is 13.1 Å². The van der Waals surface area contributed by atoms with Gasteiger partial charge in [0.25, 0.3) is 0 Å². The van der Waals surface area contributed by atoms with Crippen molar-refractivity contribution in [3.05, 3.63) is 119 Å². The standard InChI is InChI=1S/2C21H21NO5/c2*1-13-10-22(11-19(27-13)20(23)24)21(25)26-12-18-16-8-4-2-6-14(16)15-7-3-5-9-17(15)18/h2*2-9,13,18-19H,10-12H2,1H3,(H,23,24)/t2*13-,19+/m10/s1. The zero-order chi connectivity index (χ0) is 37.9. The number of fused-ring (bicyclic) bond motifs is 6. The number of amides is 2. The zero-order valence-electron chi connectivity index (χ0n) is 30.0. The van der Waals surface area contributed by atoms with Crippen molar-refractivity contribution in [1.82, 2.24) is 9.80 Å². The number of morpholine rings is 2. The first kappa shape index (κ1) is 36.6. The minimum absolute atomic E-state index is 0.00362. The van der Waals surface area contributed by atoms with E-state index in [9.17, 15) is 29.4 Å². The van der Waals surface area contributed by atoms with Crippen LogP contribution in [0.2, 0.25) is 0 Å². The van der Waals surface area contributed by atoms with Gasteiger partial charge in [-0.1, -0.05) is 97.1 Å². The molecule has 2 saturated heterocycles. The van der Waals surface area contributed by atoms with Crippen LogP contribution in [0, 0.1) is 0 Å². The number of nitrogens with zero attached hydrogens (tertiary/aromatic N) is 2. The van der Waals surface area contributed by atoms with Crippen LogP contribution in [0.15, 0.2) is 97.1 Å². The van der Waals surface area contributed by atoms with E-state index < -0.39 is 36.3 Å². The van der Waals surface area contributed by atoms with Gasteiger partial charge in [0.1, 0.15) is 13.2 Å². The average molecular weight is 735 g/mol. The number of aliphatic carboxylic acids is 2. The lowest BCUT2D eigenvalue weighted by molar-refractivity contribution is -0.161. The van der Waals surface area contributed by atoms with Crippen molar-refractivity contribution in [2.45, 2.75) is 50.1 Å². The van der Waals surface area contributed by atoms with Crippen molar-refractivity contribution >= 4 is 24.1 Å². The topological polar surface area (TPSA) is 152 Å². The second kappa shape index (κ2) is 15.7. The summed E-state index contributed by atoms with van der Waals surface area (Å²) in [7, 11) is 0. The molecule has 12 nitrogen and oxygen atoms in total. The van der Waals surface area contributed by atoms with Crippen LogP contribution in [0.3, 0.4) is 0 Å². The van der Waals surface area contributed by atoms with Crippen LogP contribution in [-0.4, -0.2) is 108 Å². The lowest BCUT2D eigenvalue weighted by Gasteiger charge is -2.34. The van der Waals surface area contributed by atoms with E-state index in [-0.39, 0.29) is 50.3 Å². The van der Waals surface area contributed by atoms with Gasteiger partial charge < -0.3 is 39.0 Å². The van der Waals surface area contributed by atoms with Gasteiger partial charge in [0.15, 0.2) is 12.2 Å². The third kappa shape index (κ3) is 7.53. The largest absolute Gasteiger partial charge is 0.479 e. The highest BCUT2D eigenvalue weighted by atomic mass is 16.6. The Morgan fingerprint density at radius 3 is 1.13 bits per heavy atom. The van der Waals surface area contributed by atoms with Gasteiger partial charge in [-0.3, -0.25) is 0 Å². The molecule has 4 aromatic carbocycles.